The number of anilines is 5. The summed E-state index contributed by atoms with van der Waals surface area (Å²) in [4.78, 5) is 5.06. The molecule has 0 atom stereocenters. The van der Waals surface area contributed by atoms with E-state index in [9.17, 15) is 0 Å². The van der Waals surface area contributed by atoms with Gasteiger partial charge in [0.15, 0.2) is 0 Å². The third-order valence-electron chi connectivity index (χ3n) is 15.6. The number of rotatable bonds is 4. The standard InChI is InChI=1S/C68H46N2/c1-7-23-51-43(17-1)39-59(55-27-11-9-25-53(51)55)67-57-35-33-50(70-65-31-15-5-21-47(65)38-48-22-6-16-32-66(48)70)42-62(57)68(60-40-44-18-2-8-24-52(44)54-26-10-12-28-56(54)60)58-36-34-49(41-61(58)67)69-63-29-13-3-19-45(63)37-46-20-4-14-30-64(46)69/h1-5,7-21,23-36,39-42H,6,22,37-38H2. The average Bonchev–Trinajstić information content (AvgIpc) is 3.43. The molecule has 0 N–H and O–H groups in total. The molecule has 0 aromatic heterocycles. The van der Waals surface area contributed by atoms with Gasteiger partial charge >= 0.3 is 0 Å². The fraction of sp³-hybridized carbons (Fsp3) is 0.0588. The molecule has 2 heteroatoms. The normalized spacial score (nSPS) is 14.2. The first-order chi connectivity index (χ1) is 34.7. The molecule has 0 saturated heterocycles. The Balaban J connectivity index is 1.13. The van der Waals surface area contributed by atoms with Gasteiger partial charge in [-0.2, -0.15) is 0 Å². The molecule has 2 aliphatic heterocycles. The molecule has 12 aromatic rings. The zero-order chi connectivity index (χ0) is 45.9. The van der Waals surface area contributed by atoms with Crippen LogP contribution in [0.5, 0.6) is 0 Å². The third kappa shape index (κ3) is 5.87. The monoisotopic (exact) mass is 890 g/mol. The lowest BCUT2D eigenvalue weighted by Crippen LogP contribution is -2.24. The third-order valence-corrected chi connectivity index (χ3v) is 15.6. The predicted molar refractivity (Wildman–Crippen MR) is 298 cm³/mol. The van der Waals surface area contributed by atoms with Gasteiger partial charge in [-0.25, -0.2) is 0 Å². The highest BCUT2D eigenvalue weighted by atomic mass is 15.2. The van der Waals surface area contributed by atoms with E-state index in [4.69, 9.17) is 0 Å². The van der Waals surface area contributed by atoms with Crippen LogP contribution < -0.4 is 9.80 Å². The zero-order valence-corrected chi connectivity index (χ0v) is 38.7. The Morgan fingerprint density at radius 3 is 1.29 bits per heavy atom. The van der Waals surface area contributed by atoms with E-state index in [0.29, 0.717) is 0 Å². The smallest absolute Gasteiger partial charge is 0.0497 e. The summed E-state index contributed by atoms with van der Waals surface area (Å²) in [5.41, 5.74) is 17.9. The molecule has 12 aromatic carbocycles. The molecule has 0 unspecified atom stereocenters. The molecule has 70 heavy (non-hydrogen) atoms. The first-order valence-corrected chi connectivity index (χ1v) is 24.8. The van der Waals surface area contributed by atoms with Gasteiger partial charge in [0.05, 0.1) is 0 Å². The fourth-order valence-corrected chi connectivity index (χ4v) is 12.6. The Hall–Kier alpha value is -8.72. The Bertz CT molecular complexity index is 4220. The molecule has 3 aliphatic rings. The average molecular weight is 891 g/mol. The van der Waals surface area contributed by atoms with Gasteiger partial charge in [-0.15, -0.1) is 0 Å². The molecular weight excluding hydrogens is 845 g/mol. The summed E-state index contributed by atoms with van der Waals surface area (Å²) >= 11 is 0. The van der Waals surface area contributed by atoms with Crippen molar-refractivity contribution >= 4 is 93.1 Å². The Morgan fingerprint density at radius 1 is 0.314 bits per heavy atom. The van der Waals surface area contributed by atoms with Crippen molar-refractivity contribution in [3.05, 3.63) is 259 Å². The number of allylic oxidation sites excluding steroid dienone is 3. The maximum absolute atomic E-state index is 2.55. The van der Waals surface area contributed by atoms with Gasteiger partial charge < -0.3 is 9.80 Å². The van der Waals surface area contributed by atoms with Gasteiger partial charge in [0.1, 0.15) is 0 Å². The summed E-state index contributed by atoms with van der Waals surface area (Å²) in [6, 6.07) is 82.5. The second-order valence-electron chi connectivity index (χ2n) is 19.4. The van der Waals surface area contributed by atoms with E-state index in [-0.39, 0.29) is 0 Å². The van der Waals surface area contributed by atoms with Crippen LogP contribution in [0.3, 0.4) is 0 Å². The maximum atomic E-state index is 2.55. The molecule has 1 aliphatic carbocycles. The van der Waals surface area contributed by atoms with E-state index in [1.807, 2.05) is 0 Å². The highest BCUT2D eigenvalue weighted by Gasteiger charge is 2.30. The van der Waals surface area contributed by atoms with Gasteiger partial charge in [-0.3, -0.25) is 0 Å². The molecular formula is C68H46N2. The van der Waals surface area contributed by atoms with Crippen LogP contribution >= 0.6 is 0 Å². The van der Waals surface area contributed by atoms with E-state index in [1.54, 1.807) is 0 Å². The van der Waals surface area contributed by atoms with Crippen molar-refractivity contribution in [2.75, 3.05) is 9.80 Å². The quantitative estimate of drug-likeness (QED) is 0.128. The molecule has 0 bridgehead atoms. The highest BCUT2D eigenvalue weighted by molar-refractivity contribution is 6.29. The number of nitrogens with zero attached hydrogens (tertiary/aromatic N) is 2. The molecule has 0 spiro atoms. The molecule has 328 valence electrons. The highest BCUT2D eigenvalue weighted by Crippen LogP contribution is 2.53. The molecule has 0 radical (unpaired) electrons. The van der Waals surface area contributed by atoms with E-state index in [1.165, 1.54) is 138 Å². The summed E-state index contributed by atoms with van der Waals surface area (Å²) < 4.78 is 0. The SMILES string of the molecule is C1=CC2=C(CC1)Cc1ccccc1N2c1ccc2c(-c3cc4ccccc4c4ccccc34)c3cc(N4c5ccccc5Cc5ccccc54)ccc3c(-c3cc4ccccc4c4ccccc34)c2c1. The van der Waals surface area contributed by atoms with Crippen LogP contribution in [0.2, 0.25) is 0 Å². The largest absolute Gasteiger partial charge is 0.310 e. The van der Waals surface area contributed by atoms with Crippen molar-refractivity contribution in [3.8, 4) is 22.3 Å². The molecule has 2 heterocycles. The van der Waals surface area contributed by atoms with Crippen LogP contribution in [0.4, 0.5) is 28.4 Å². The topological polar surface area (TPSA) is 6.48 Å². The second-order valence-corrected chi connectivity index (χ2v) is 19.4. The number of hydrogen-bond acceptors (Lipinski definition) is 2. The first kappa shape index (κ1) is 39.3. The maximum Gasteiger partial charge on any atom is 0.0497 e. The molecule has 0 fully saturated rings. The lowest BCUT2D eigenvalue weighted by molar-refractivity contribution is 0.857. The van der Waals surface area contributed by atoms with Crippen LogP contribution in [0.25, 0.3) is 86.9 Å². The molecule has 2 nitrogen and oxygen atoms in total. The van der Waals surface area contributed by atoms with Gasteiger partial charge in [-0.1, -0.05) is 170 Å². The van der Waals surface area contributed by atoms with Crippen molar-refractivity contribution in [2.24, 2.45) is 0 Å². The van der Waals surface area contributed by atoms with Gasteiger partial charge in [0, 0.05) is 40.6 Å². The molecule has 15 rings (SSSR count). The number of para-hydroxylation sites is 3. The van der Waals surface area contributed by atoms with Crippen LogP contribution in [-0.2, 0) is 12.8 Å². The Labute approximate surface area is 407 Å². The second kappa shape index (κ2) is 15.4. The van der Waals surface area contributed by atoms with Crippen molar-refractivity contribution < 1.29 is 0 Å². The summed E-state index contributed by atoms with van der Waals surface area (Å²) in [5, 5.41) is 15.0. The lowest BCUT2D eigenvalue weighted by Gasteiger charge is -2.36. The Kier molecular flexibility index (Phi) is 8.64. The minimum atomic E-state index is 0.909. The number of hydrogen-bond donors (Lipinski definition) is 0. The summed E-state index contributed by atoms with van der Waals surface area (Å²) in [7, 11) is 0. The predicted octanol–water partition coefficient (Wildman–Crippen LogP) is 18.6. The first-order valence-electron chi connectivity index (χ1n) is 24.8. The van der Waals surface area contributed by atoms with Gasteiger partial charge in [0.2, 0.25) is 0 Å². The van der Waals surface area contributed by atoms with Crippen LogP contribution in [0.1, 0.15) is 29.5 Å². The lowest BCUT2D eigenvalue weighted by atomic mass is 9.81. The fourth-order valence-electron chi connectivity index (χ4n) is 12.6. The number of fused-ring (bicyclic) bond motifs is 11. The van der Waals surface area contributed by atoms with Crippen molar-refractivity contribution in [3.63, 3.8) is 0 Å². The van der Waals surface area contributed by atoms with E-state index >= 15 is 0 Å². The summed E-state index contributed by atoms with van der Waals surface area (Å²) in [6.07, 6.45) is 8.80. The van der Waals surface area contributed by atoms with Crippen molar-refractivity contribution in [1.82, 2.24) is 0 Å². The zero-order valence-electron chi connectivity index (χ0n) is 38.7. The van der Waals surface area contributed by atoms with Crippen LogP contribution in [0.15, 0.2) is 242 Å². The van der Waals surface area contributed by atoms with E-state index in [2.05, 4.69) is 240 Å². The van der Waals surface area contributed by atoms with Gasteiger partial charge in [-0.05, 0) is 189 Å². The number of benzene rings is 12. The van der Waals surface area contributed by atoms with Crippen molar-refractivity contribution in [1.29, 1.82) is 0 Å². The summed E-state index contributed by atoms with van der Waals surface area (Å²) in [6.45, 7) is 0. The van der Waals surface area contributed by atoms with Crippen LogP contribution in [-0.4, -0.2) is 0 Å². The minimum Gasteiger partial charge on any atom is -0.310 e. The van der Waals surface area contributed by atoms with Crippen molar-refractivity contribution in [2.45, 2.75) is 25.7 Å². The van der Waals surface area contributed by atoms with Gasteiger partial charge in [0.25, 0.3) is 0 Å². The minimum absolute atomic E-state index is 0.909. The molecule has 0 saturated carbocycles. The van der Waals surface area contributed by atoms with Crippen LogP contribution in [0, 0.1) is 0 Å². The Morgan fingerprint density at radius 2 is 0.743 bits per heavy atom. The summed E-state index contributed by atoms with van der Waals surface area (Å²) in [5.74, 6) is 0. The molecule has 0 amide bonds. The van der Waals surface area contributed by atoms with E-state index in [0.717, 1.165) is 31.4 Å². The van der Waals surface area contributed by atoms with E-state index < -0.39 is 0 Å².